The van der Waals surface area contributed by atoms with Crippen LogP contribution in [0.25, 0.3) is 0 Å². The quantitative estimate of drug-likeness (QED) is 0.600. The summed E-state index contributed by atoms with van der Waals surface area (Å²) in [5.41, 5.74) is 5.23. The lowest BCUT2D eigenvalue weighted by molar-refractivity contribution is 0.102. The van der Waals surface area contributed by atoms with Crippen LogP contribution in [-0.4, -0.2) is 10.9 Å². The van der Waals surface area contributed by atoms with E-state index in [4.69, 9.17) is 17.4 Å². The Morgan fingerprint density at radius 1 is 1.25 bits per heavy atom. The molecule has 1 aromatic heterocycles. The highest BCUT2D eigenvalue weighted by Gasteiger charge is 2.10. The standard InChI is InChI=1S/C14H15ClN4O/c1-8-3-4-11(15)7-12(8)18-14(20)10-5-9(2)17-13(6-10)19-16/h3-7H,16H2,1-2H3,(H,17,19)(H,18,20). The van der Waals surface area contributed by atoms with Crippen molar-refractivity contribution in [2.24, 2.45) is 5.84 Å². The number of aromatic nitrogens is 1. The van der Waals surface area contributed by atoms with Gasteiger partial charge < -0.3 is 10.7 Å². The Labute approximate surface area is 122 Å². The van der Waals surface area contributed by atoms with Crippen molar-refractivity contribution in [2.75, 3.05) is 10.7 Å². The van der Waals surface area contributed by atoms with Crippen molar-refractivity contribution in [3.8, 4) is 0 Å². The van der Waals surface area contributed by atoms with Gasteiger partial charge >= 0.3 is 0 Å². The zero-order chi connectivity index (χ0) is 14.7. The molecule has 5 nitrogen and oxygen atoms in total. The van der Waals surface area contributed by atoms with Gasteiger partial charge in [-0.25, -0.2) is 10.8 Å². The second-order valence-corrected chi connectivity index (χ2v) is 4.88. The van der Waals surface area contributed by atoms with E-state index in [9.17, 15) is 4.79 Å². The molecular weight excluding hydrogens is 276 g/mol. The monoisotopic (exact) mass is 290 g/mol. The van der Waals surface area contributed by atoms with Crippen molar-refractivity contribution in [3.63, 3.8) is 0 Å². The van der Waals surface area contributed by atoms with Crippen LogP contribution in [0.1, 0.15) is 21.6 Å². The van der Waals surface area contributed by atoms with Crippen LogP contribution in [0.15, 0.2) is 30.3 Å². The summed E-state index contributed by atoms with van der Waals surface area (Å²) in [7, 11) is 0. The third kappa shape index (κ3) is 3.26. The molecule has 20 heavy (non-hydrogen) atoms. The lowest BCUT2D eigenvalue weighted by Gasteiger charge is -2.10. The second-order valence-electron chi connectivity index (χ2n) is 4.44. The Hall–Kier alpha value is -2.11. The molecule has 0 saturated heterocycles. The topological polar surface area (TPSA) is 80.0 Å². The minimum atomic E-state index is -0.239. The van der Waals surface area contributed by atoms with Gasteiger partial charge in [0.2, 0.25) is 0 Å². The molecule has 0 radical (unpaired) electrons. The van der Waals surface area contributed by atoms with E-state index in [1.54, 1.807) is 31.2 Å². The van der Waals surface area contributed by atoms with E-state index in [0.717, 1.165) is 5.56 Å². The Morgan fingerprint density at radius 2 is 2.00 bits per heavy atom. The van der Waals surface area contributed by atoms with Crippen LogP contribution >= 0.6 is 11.6 Å². The first-order valence-corrected chi connectivity index (χ1v) is 6.40. The number of anilines is 2. The molecule has 2 aromatic rings. The summed E-state index contributed by atoms with van der Waals surface area (Å²) in [6.07, 6.45) is 0. The smallest absolute Gasteiger partial charge is 0.255 e. The fraction of sp³-hybridized carbons (Fsp3) is 0.143. The van der Waals surface area contributed by atoms with Gasteiger partial charge in [-0.1, -0.05) is 17.7 Å². The van der Waals surface area contributed by atoms with E-state index in [2.05, 4.69) is 15.7 Å². The first-order chi connectivity index (χ1) is 9.49. The largest absolute Gasteiger partial charge is 0.322 e. The molecule has 4 N–H and O–H groups in total. The maximum atomic E-state index is 12.2. The number of halogens is 1. The molecule has 0 aliphatic carbocycles. The third-order valence-electron chi connectivity index (χ3n) is 2.81. The molecule has 0 atom stereocenters. The van der Waals surface area contributed by atoms with Crippen LogP contribution < -0.4 is 16.6 Å². The zero-order valence-electron chi connectivity index (χ0n) is 11.2. The van der Waals surface area contributed by atoms with Crippen LogP contribution in [0.4, 0.5) is 11.5 Å². The fourth-order valence-electron chi connectivity index (χ4n) is 1.80. The number of benzene rings is 1. The molecular formula is C14H15ClN4O. The van der Waals surface area contributed by atoms with Gasteiger partial charge in [-0.2, -0.15) is 0 Å². The van der Waals surface area contributed by atoms with Gasteiger partial charge in [0.1, 0.15) is 5.82 Å². The molecule has 0 bridgehead atoms. The highest BCUT2D eigenvalue weighted by molar-refractivity contribution is 6.31. The van der Waals surface area contributed by atoms with Gasteiger partial charge in [0.25, 0.3) is 5.91 Å². The molecule has 0 saturated carbocycles. The summed E-state index contributed by atoms with van der Waals surface area (Å²) in [5, 5.41) is 3.40. The normalized spacial score (nSPS) is 10.2. The van der Waals surface area contributed by atoms with Crippen molar-refractivity contribution in [1.82, 2.24) is 4.98 Å². The van der Waals surface area contributed by atoms with Crippen LogP contribution in [0.3, 0.4) is 0 Å². The van der Waals surface area contributed by atoms with Crippen LogP contribution in [0.2, 0.25) is 5.02 Å². The zero-order valence-corrected chi connectivity index (χ0v) is 12.0. The van der Waals surface area contributed by atoms with Crippen LogP contribution in [-0.2, 0) is 0 Å². The molecule has 6 heteroatoms. The molecule has 2 rings (SSSR count). The van der Waals surface area contributed by atoms with Crippen LogP contribution in [0.5, 0.6) is 0 Å². The maximum Gasteiger partial charge on any atom is 0.255 e. The fourth-order valence-corrected chi connectivity index (χ4v) is 1.97. The minimum Gasteiger partial charge on any atom is -0.322 e. The molecule has 0 fully saturated rings. The van der Waals surface area contributed by atoms with Crippen molar-refractivity contribution >= 4 is 29.0 Å². The predicted molar refractivity (Wildman–Crippen MR) is 80.9 cm³/mol. The Balaban J connectivity index is 2.28. The Kier molecular flexibility index (Phi) is 4.22. The van der Waals surface area contributed by atoms with Crippen molar-refractivity contribution in [3.05, 3.63) is 52.2 Å². The highest BCUT2D eigenvalue weighted by Crippen LogP contribution is 2.21. The van der Waals surface area contributed by atoms with Crippen molar-refractivity contribution < 1.29 is 4.79 Å². The van der Waals surface area contributed by atoms with Gasteiger partial charge in [0, 0.05) is 22.0 Å². The number of hydrazine groups is 1. The summed E-state index contributed by atoms with van der Waals surface area (Å²) in [4.78, 5) is 16.4. The predicted octanol–water partition coefficient (Wildman–Crippen LogP) is 2.89. The van der Waals surface area contributed by atoms with Crippen molar-refractivity contribution in [2.45, 2.75) is 13.8 Å². The molecule has 0 aliphatic heterocycles. The third-order valence-corrected chi connectivity index (χ3v) is 3.05. The SMILES string of the molecule is Cc1cc(C(=O)Nc2cc(Cl)ccc2C)cc(NN)n1. The van der Waals surface area contributed by atoms with E-state index in [-0.39, 0.29) is 5.91 Å². The van der Waals surface area contributed by atoms with E-state index in [1.165, 1.54) is 0 Å². The number of nitrogens with one attached hydrogen (secondary N) is 2. The number of nitrogens with zero attached hydrogens (tertiary/aromatic N) is 1. The number of rotatable bonds is 3. The van der Waals surface area contributed by atoms with Gasteiger partial charge in [0.15, 0.2) is 0 Å². The lowest BCUT2D eigenvalue weighted by atomic mass is 10.1. The van der Waals surface area contributed by atoms with E-state index in [1.807, 2.05) is 13.0 Å². The number of pyridine rings is 1. The number of hydrogen-bond donors (Lipinski definition) is 3. The molecule has 1 aromatic carbocycles. The van der Waals surface area contributed by atoms with Crippen molar-refractivity contribution in [1.29, 1.82) is 0 Å². The van der Waals surface area contributed by atoms with Gasteiger partial charge in [-0.15, -0.1) is 0 Å². The van der Waals surface area contributed by atoms with E-state index < -0.39 is 0 Å². The summed E-state index contributed by atoms with van der Waals surface area (Å²) < 4.78 is 0. The Morgan fingerprint density at radius 3 is 2.70 bits per heavy atom. The molecule has 1 amide bonds. The second kappa shape index (κ2) is 5.90. The number of aryl methyl sites for hydroxylation is 2. The summed E-state index contributed by atoms with van der Waals surface area (Å²) in [6.45, 7) is 3.69. The highest BCUT2D eigenvalue weighted by atomic mass is 35.5. The summed E-state index contributed by atoms with van der Waals surface area (Å²) >= 11 is 5.93. The number of carbonyl (C=O) groups excluding carboxylic acids is 1. The maximum absolute atomic E-state index is 12.2. The summed E-state index contributed by atoms with van der Waals surface area (Å²) in [5.74, 6) is 5.53. The number of nitrogen functional groups attached to an aromatic ring is 1. The van der Waals surface area contributed by atoms with Gasteiger partial charge in [-0.05, 0) is 43.7 Å². The molecule has 0 aliphatic rings. The average Bonchev–Trinajstić information content (AvgIpc) is 2.42. The number of hydrogen-bond acceptors (Lipinski definition) is 4. The molecule has 104 valence electrons. The lowest BCUT2D eigenvalue weighted by Crippen LogP contribution is -2.15. The Bertz CT molecular complexity index is 658. The van der Waals surface area contributed by atoms with E-state index >= 15 is 0 Å². The molecule has 0 unspecified atom stereocenters. The number of carbonyl (C=O) groups is 1. The molecule has 1 heterocycles. The van der Waals surface area contributed by atoms with Gasteiger partial charge in [-0.3, -0.25) is 4.79 Å². The average molecular weight is 291 g/mol. The number of amides is 1. The number of nitrogens with two attached hydrogens (primary N) is 1. The van der Waals surface area contributed by atoms with Crippen LogP contribution in [0, 0.1) is 13.8 Å². The molecule has 0 spiro atoms. The first-order valence-electron chi connectivity index (χ1n) is 6.02. The van der Waals surface area contributed by atoms with Gasteiger partial charge in [0.05, 0.1) is 0 Å². The first kappa shape index (κ1) is 14.3. The summed E-state index contributed by atoms with van der Waals surface area (Å²) in [6, 6.07) is 8.62. The van der Waals surface area contributed by atoms with E-state index in [0.29, 0.717) is 27.8 Å². The minimum absolute atomic E-state index is 0.239.